The molecule has 3 heteroatoms. The van der Waals surface area contributed by atoms with E-state index in [1.807, 2.05) is 0 Å². The van der Waals surface area contributed by atoms with E-state index in [-0.39, 0.29) is 51.0 Å². The average molecular weight is 571 g/mol. The quantitative estimate of drug-likeness (QED) is 0.280. The van der Waals surface area contributed by atoms with E-state index in [4.69, 9.17) is 0 Å². The van der Waals surface area contributed by atoms with Crippen LogP contribution in [0.4, 0.5) is 0 Å². The summed E-state index contributed by atoms with van der Waals surface area (Å²) in [6.07, 6.45) is 2.11. The maximum absolute atomic E-state index is 2.38. The van der Waals surface area contributed by atoms with Crippen molar-refractivity contribution in [3.63, 3.8) is 0 Å². The van der Waals surface area contributed by atoms with E-state index < -0.39 is 0 Å². The van der Waals surface area contributed by atoms with Crippen LogP contribution in [0.5, 0.6) is 0 Å². The molecule has 35 heavy (non-hydrogen) atoms. The Hall–Kier alpha value is -2.44. The van der Waals surface area contributed by atoms with Crippen LogP contribution in [0.15, 0.2) is 121 Å². The second-order valence-electron chi connectivity index (χ2n) is 8.58. The van der Waals surface area contributed by atoms with Crippen LogP contribution in [0.3, 0.4) is 0 Å². The zero-order chi connectivity index (χ0) is 21.3. The van der Waals surface area contributed by atoms with Gasteiger partial charge >= 0.3 is 26.2 Å². The zero-order valence-electron chi connectivity index (χ0n) is 19.2. The fourth-order valence-corrected chi connectivity index (χ4v) is 4.91. The standard InChI is InChI=1S/C32H24.2ClH.Zr/c1-3-9-25(10-4-1)29-15-7-13-27-19-23(21-31(27)29)17-18-24-20-28-14-8-16-30(32(28)22-24)26-11-5-2-6-12-26;;;/h1-16,19-22H,17-18H2;2*1H;/q-2;;;+4/p-2. The first-order chi connectivity index (χ1) is 15.8. The Morgan fingerprint density at radius 1 is 0.457 bits per heavy atom. The van der Waals surface area contributed by atoms with Crippen molar-refractivity contribution in [2.45, 2.75) is 12.8 Å². The number of fused-ring (bicyclic) bond motifs is 2. The minimum absolute atomic E-state index is 0. The van der Waals surface area contributed by atoms with Gasteiger partial charge in [0.2, 0.25) is 0 Å². The molecule has 0 saturated heterocycles. The summed E-state index contributed by atoms with van der Waals surface area (Å²) in [5, 5.41) is 5.38. The third-order valence-electron chi connectivity index (χ3n) is 6.49. The minimum atomic E-state index is 0. The van der Waals surface area contributed by atoms with Crippen LogP contribution < -0.4 is 24.8 Å². The van der Waals surface area contributed by atoms with Gasteiger partial charge in [0.25, 0.3) is 0 Å². The van der Waals surface area contributed by atoms with Crippen LogP contribution in [0.1, 0.15) is 11.1 Å². The summed E-state index contributed by atoms with van der Waals surface area (Å²) >= 11 is 0. The topological polar surface area (TPSA) is 0 Å². The smallest absolute Gasteiger partial charge is 1.00 e. The maximum atomic E-state index is 2.38. The monoisotopic (exact) mass is 568 g/mol. The number of rotatable bonds is 5. The van der Waals surface area contributed by atoms with Gasteiger partial charge < -0.3 is 24.8 Å². The van der Waals surface area contributed by atoms with Crippen molar-refractivity contribution in [1.82, 2.24) is 0 Å². The molecule has 0 unspecified atom stereocenters. The molecule has 0 spiro atoms. The minimum Gasteiger partial charge on any atom is -1.00 e. The molecule has 0 radical (unpaired) electrons. The first-order valence-electron chi connectivity index (χ1n) is 11.3. The van der Waals surface area contributed by atoms with E-state index in [1.165, 1.54) is 54.9 Å². The number of halogens is 2. The van der Waals surface area contributed by atoms with Crippen molar-refractivity contribution in [1.29, 1.82) is 0 Å². The Balaban J connectivity index is 0.00000114. The molecule has 0 aliphatic carbocycles. The molecule has 0 heterocycles. The Labute approximate surface area is 238 Å². The van der Waals surface area contributed by atoms with Gasteiger partial charge in [-0.25, -0.2) is 0 Å². The molecule has 0 amide bonds. The molecule has 0 bridgehead atoms. The number of hydrogen-bond donors (Lipinski definition) is 0. The van der Waals surface area contributed by atoms with Gasteiger partial charge in [-0.1, -0.05) is 83.9 Å². The molecule has 0 fully saturated rings. The van der Waals surface area contributed by atoms with E-state index in [0.717, 1.165) is 12.8 Å². The van der Waals surface area contributed by atoms with Crippen molar-refractivity contribution in [2.24, 2.45) is 0 Å². The summed E-state index contributed by atoms with van der Waals surface area (Å²) < 4.78 is 0. The summed E-state index contributed by atoms with van der Waals surface area (Å²) in [7, 11) is 0. The molecule has 0 aromatic heterocycles. The van der Waals surface area contributed by atoms with Gasteiger partial charge in [-0.05, 0) is 24.0 Å². The Morgan fingerprint density at radius 3 is 1.26 bits per heavy atom. The summed E-state index contributed by atoms with van der Waals surface area (Å²) in [5.41, 5.74) is 8.03. The summed E-state index contributed by atoms with van der Waals surface area (Å²) in [4.78, 5) is 0. The van der Waals surface area contributed by atoms with Crippen LogP contribution in [0.2, 0.25) is 0 Å². The zero-order valence-corrected chi connectivity index (χ0v) is 23.2. The normalized spacial score (nSPS) is 10.4. The molecule has 6 aromatic carbocycles. The molecule has 6 rings (SSSR count). The first kappa shape index (κ1) is 27.2. The van der Waals surface area contributed by atoms with Crippen molar-refractivity contribution < 1.29 is 51.0 Å². The predicted octanol–water partition coefficient (Wildman–Crippen LogP) is 2.56. The second-order valence-corrected chi connectivity index (χ2v) is 8.58. The molecule has 0 atom stereocenters. The van der Waals surface area contributed by atoms with Crippen molar-refractivity contribution in [3.05, 3.63) is 132 Å². The maximum Gasteiger partial charge on any atom is 4.00 e. The van der Waals surface area contributed by atoms with Gasteiger partial charge in [0, 0.05) is 0 Å². The van der Waals surface area contributed by atoms with Gasteiger partial charge in [0.15, 0.2) is 0 Å². The third-order valence-corrected chi connectivity index (χ3v) is 6.49. The van der Waals surface area contributed by atoms with Crippen molar-refractivity contribution in [3.8, 4) is 22.3 Å². The molecule has 170 valence electrons. The predicted molar refractivity (Wildman–Crippen MR) is 137 cm³/mol. The number of benzene rings is 4. The van der Waals surface area contributed by atoms with Crippen molar-refractivity contribution >= 4 is 21.5 Å². The molecule has 6 aromatic rings. The summed E-state index contributed by atoms with van der Waals surface area (Å²) in [6, 6.07) is 44.1. The van der Waals surface area contributed by atoms with Gasteiger partial charge in [-0.15, -0.1) is 69.1 Å². The van der Waals surface area contributed by atoms with E-state index in [0.29, 0.717) is 0 Å². The molecule has 0 nitrogen and oxygen atoms in total. The van der Waals surface area contributed by atoms with Gasteiger partial charge in [0.05, 0.1) is 0 Å². The Kier molecular flexibility index (Phi) is 9.31. The van der Waals surface area contributed by atoms with Gasteiger partial charge in [-0.3, -0.25) is 0 Å². The van der Waals surface area contributed by atoms with E-state index in [2.05, 4.69) is 121 Å². The fourth-order valence-electron chi connectivity index (χ4n) is 4.91. The van der Waals surface area contributed by atoms with E-state index >= 15 is 0 Å². The van der Waals surface area contributed by atoms with E-state index in [1.54, 1.807) is 0 Å². The number of aryl methyl sites for hydroxylation is 2. The molecule has 0 saturated carbocycles. The summed E-state index contributed by atoms with van der Waals surface area (Å²) in [5.74, 6) is 0. The third kappa shape index (κ3) is 5.54. The fraction of sp³-hybridized carbons (Fsp3) is 0.0625. The first-order valence-corrected chi connectivity index (χ1v) is 11.3. The van der Waals surface area contributed by atoms with Crippen LogP contribution in [-0.4, -0.2) is 0 Å². The Morgan fingerprint density at radius 2 is 0.857 bits per heavy atom. The Bertz CT molecular complexity index is 1390. The van der Waals surface area contributed by atoms with Gasteiger partial charge in [-0.2, -0.15) is 12.1 Å². The molecular weight excluding hydrogens is 546 g/mol. The molecule has 0 aliphatic heterocycles. The molecule has 0 aliphatic rings. The van der Waals surface area contributed by atoms with Crippen LogP contribution in [0.25, 0.3) is 43.8 Å². The average Bonchev–Trinajstić information content (AvgIpc) is 3.47. The molecular formula is C32H24Cl2Zr. The largest absolute Gasteiger partial charge is 4.00 e. The van der Waals surface area contributed by atoms with Crippen LogP contribution in [0, 0.1) is 0 Å². The van der Waals surface area contributed by atoms with Crippen molar-refractivity contribution in [2.75, 3.05) is 0 Å². The molecule has 0 N–H and O–H groups in total. The second kappa shape index (κ2) is 12.0. The number of hydrogen-bond acceptors (Lipinski definition) is 0. The SMILES string of the molecule is [Cl-].[Cl-].[Zr+4].c1ccc(-c2cccc3[cH-]c(CCc4cc5c(-c6ccccc6)cccc5[cH-]4)cc23)cc1. The van der Waals surface area contributed by atoms with Gasteiger partial charge in [0.1, 0.15) is 0 Å². The van der Waals surface area contributed by atoms with Crippen LogP contribution in [-0.2, 0) is 39.0 Å². The summed E-state index contributed by atoms with van der Waals surface area (Å²) in [6.45, 7) is 0. The van der Waals surface area contributed by atoms with E-state index in [9.17, 15) is 0 Å². The van der Waals surface area contributed by atoms with Crippen LogP contribution >= 0.6 is 0 Å².